The number of aromatic nitrogens is 2. The lowest BCUT2D eigenvalue weighted by Gasteiger charge is -2.21. The Bertz CT molecular complexity index is 305. The molecule has 2 heterocycles. The molecular weight excluding hydrogens is 190 g/mol. The molecule has 2 rings (SSSR count). The van der Waals surface area contributed by atoms with Crippen molar-refractivity contribution in [3.8, 4) is 0 Å². The molecule has 84 valence electrons. The first-order valence-corrected chi connectivity index (χ1v) is 5.56. The Hall–Kier alpha value is -0.870. The van der Waals surface area contributed by atoms with E-state index in [0.717, 1.165) is 19.8 Å². The SMILES string of the molecule is CNCc1cncn1C(C)C1CCOC1. The van der Waals surface area contributed by atoms with Crippen LogP contribution in [-0.2, 0) is 11.3 Å². The highest BCUT2D eigenvalue weighted by Crippen LogP contribution is 2.26. The Morgan fingerprint density at radius 1 is 1.73 bits per heavy atom. The summed E-state index contributed by atoms with van der Waals surface area (Å²) in [6.45, 7) is 4.92. The van der Waals surface area contributed by atoms with Crippen LogP contribution in [0.15, 0.2) is 12.5 Å². The van der Waals surface area contributed by atoms with Crippen LogP contribution >= 0.6 is 0 Å². The fourth-order valence-electron chi connectivity index (χ4n) is 2.18. The Balaban J connectivity index is 2.09. The Labute approximate surface area is 90.6 Å². The van der Waals surface area contributed by atoms with E-state index >= 15 is 0 Å². The molecule has 0 aliphatic carbocycles. The zero-order chi connectivity index (χ0) is 10.7. The molecule has 0 aromatic carbocycles. The van der Waals surface area contributed by atoms with Gasteiger partial charge in [-0.1, -0.05) is 0 Å². The van der Waals surface area contributed by atoms with E-state index in [-0.39, 0.29) is 0 Å². The molecule has 1 aromatic heterocycles. The number of rotatable bonds is 4. The lowest BCUT2D eigenvalue weighted by molar-refractivity contribution is 0.174. The monoisotopic (exact) mass is 209 g/mol. The molecule has 1 N–H and O–H groups in total. The van der Waals surface area contributed by atoms with Crippen molar-refractivity contribution in [1.82, 2.24) is 14.9 Å². The van der Waals surface area contributed by atoms with E-state index in [1.807, 2.05) is 19.6 Å². The summed E-state index contributed by atoms with van der Waals surface area (Å²) < 4.78 is 7.69. The third-order valence-electron chi connectivity index (χ3n) is 3.19. The van der Waals surface area contributed by atoms with Gasteiger partial charge in [0.05, 0.1) is 18.6 Å². The lowest BCUT2D eigenvalue weighted by atomic mass is 10.0. The predicted molar refractivity (Wildman–Crippen MR) is 58.6 cm³/mol. The average Bonchev–Trinajstić information content (AvgIpc) is 2.87. The number of nitrogens with one attached hydrogen (secondary N) is 1. The number of hydrogen-bond donors (Lipinski definition) is 1. The first-order chi connectivity index (χ1) is 7.33. The van der Waals surface area contributed by atoms with Gasteiger partial charge in [-0.05, 0) is 20.4 Å². The summed E-state index contributed by atoms with van der Waals surface area (Å²) in [4.78, 5) is 4.22. The van der Waals surface area contributed by atoms with E-state index in [1.165, 1.54) is 12.1 Å². The van der Waals surface area contributed by atoms with Crippen LogP contribution in [0.3, 0.4) is 0 Å². The van der Waals surface area contributed by atoms with Crippen molar-refractivity contribution in [3.05, 3.63) is 18.2 Å². The van der Waals surface area contributed by atoms with Crippen molar-refractivity contribution >= 4 is 0 Å². The van der Waals surface area contributed by atoms with Crippen LogP contribution < -0.4 is 5.32 Å². The van der Waals surface area contributed by atoms with Gasteiger partial charge in [0, 0.05) is 31.3 Å². The summed E-state index contributed by atoms with van der Waals surface area (Å²) in [5.41, 5.74) is 1.25. The maximum atomic E-state index is 5.43. The van der Waals surface area contributed by atoms with Gasteiger partial charge in [-0.2, -0.15) is 0 Å². The van der Waals surface area contributed by atoms with Crippen LogP contribution in [0, 0.1) is 5.92 Å². The second-order valence-corrected chi connectivity index (χ2v) is 4.19. The molecule has 2 atom stereocenters. The molecular formula is C11H19N3O. The van der Waals surface area contributed by atoms with Crippen molar-refractivity contribution in [3.63, 3.8) is 0 Å². The minimum atomic E-state index is 0.485. The summed E-state index contributed by atoms with van der Waals surface area (Å²) in [5.74, 6) is 0.634. The molecule has 0 saturated carbocycles. The predicted octanol–water partition coefficient (Wildman–Crippen LogP) is 1.20. The molecule has 0 radical (unpaired) electrons. The number of ether oxygens (including phenoxy) is 1. The summed E-state index contributed by atoms with van der Waals surface area (Å²) in [7, 11) is 1.96. The fraction of sp³-hybridized carbons (Fsp3) is 0.727. The summed E-state index contributed by atoms with van der Waals surface area (Å²) >= 11 is 0. The normalized spacial score (nSPS) is 23.2. The molecule has 4 heteroatoms. The van der Waals surface area contributed by atoms with Gasteiger partial charge in [0.15, 0.2) is 0 Å². The highest BCUT2D eigenvalue weighted by molar-refractivity contribution is 5.00. The van der Waals surface area contributed by atoms with Gasteiger partial charge in [0.25, 0.3) is 0 Å². The molecule has 1 aliphatic heterocycles. The quantitative estimate of drug-likeness (QED) is 0.810. The van der Waals surface area contributed by atoms with Gasteiger partial charge in [0.2, 0.25) is 0 Å². The zero-order valence-corrected chi connectivity index (χ0v) is 9.44. The molecule has 1 aliphatic rings. The molecule has 0 amide bonds. The zero-order valence-electron chi connectivity index (χ0n) is 9.44. The second-order valence-electron chi connectivity index (χ2n) is 4.19. The topological polar surface area (TPSA) is 39.1 Å². The number of nitrogens with zero attached hydrogens (tertiary/aromatic N) is 2. The first-order valence-electron chi connectivity index (χ1n) is 5.56. The fourth-order valence-corrected chi connectivity index (χ4v) is 2.18. The minimum absolute atomic E-state index is 0.485. The number of imidazole rings is 1. The van der Waals surface area contributed by atoms with E-state index < -0.39 is 0 Å². The van der Waals surface area contributed by atoms with Gasteiger partial charge in [-0.15, -0.1) is 0 Å². The maximum absolute atomic E-state index is 5.43. The van der Waals surface area contributed by atoms with Crippen molar-refractivity contribution in [1.29, 1.82) is 0 Å². The summed E-state index contributed by atoms with van der Waals surface area (Å²) in [6.07, 6.45) is 5.02. The third kappa shape index (κ3) is 2.21. The van der Waals surface area contributed by atoms with Crippen molar-refractivity contribution < 1.29 is 4.74 Å². The molecule has 2 unspecified atom stereocenters. The van der Waals surface area contributed by atoms with Gasteiger partial charge >= 0.3 is 0 Å². The lowest BCUT2D eigenvalue weighted by Crippen LogP contribution is -2.20. The highest BCUT2D eigenvalue weighted by Gasteiger charge is 2.24. The van der Waals surface area contributed by atoms with Gasteiger partial charge < -0.3 is 14.6 Å². The van der Waals surface area contributed by atoms with Crippen LogP contribution in [-0.4, -0.2) is 29.8 Å². The molecule has 1 fully saturated rings. The molecule has 1 saturated heterocycles. The molecule has 0 spiro atoms. The Kier molecular flexibility index (Phi) is 3.38. The summed E-state index contributed by atoms with van der Waals surface area (Å²) in [5, 5.41) is 3.16. The maximum Gasteiger partial charge on any atom is 0.0951 e. The second kappa shape index (κ2) is 4.77. The highest BCUT2D eigenvalue weighted by atomic mass is 16.5. The van der Waals surface area contributed by atoms with E-state index in [9.17, 15) is 0 Å². The van der Waals surface area contributed by atoms with Crippen LogP contribution in [0.2, 0.25) is 0 Å². The molecule has 15 heavy (non-hydrogen) atoms. The first kappa shape index (κ1) is 10.6. The summed E-state index contributed by atoms with van der Waals surface area (Å²) in [6, 6.07) is 0.485. The van der Waals surface area contributed by atoms with Crippen LogP contribution in [0.5, 0.6) is 0 Å². The van der Waals surface area contributed by atoms with Crippen LogP contribution in [0.1, 0.15) is 25.1 Å². The minimum Gasteiger partial charge on any atom is -0.381 e. The van der Waals surface area contributed by atoms with E-state index in [1.54, 1.807) is 0 Å². The van der Waals surface area contributed by atoms with Crippen LogP contribution in [0.4, 0.5) is 0 Å². The Morgan fingerprint density at radius 3 is 3.27 bits per heavy atom. The van der Waals surface area contributed by atoms with Crippen LogP contribution in [0.25, 0.3) is 0 Å². The molecule has 4 nitrogen and oxygen atoms in total. The standard InChI is InChI=1S/C11H19N3O/c1-9(10-3-4-15-7-10)14-8-13-6-11(14)5-12-2/h6,8-10,12H,3-5,7H2,1-2H3. The van der Waals surface area contributed by atoms with Crippen molar-refractivity contribution in [2.24, 2.45) is 5.92 Å². The molecule has 1 aromatic rings. The van der Waals surface area contributed by atoms with Gasteiger partial charge in [-0.25, -0.2) is 4.98 Å². The van der Waals surface area contributed by atoms with Gasteiger partial charge in [-0.3, -0.25) is 0 Å². The average molecular weight is 209 g/mol. The smallest absolute Gasteiger partial charge is 0.0951 e. The molecule has 0 bridgehead atoms. The van der Waals surface area contributed by atoms with Gasteiger partial charge in [0.1, 0.15) is 0 Å². The van der Waals surface area contributed by atoms with Crippen molar-refractivity contribution in [2.75, 3.05) is 20.3 Å². The van der Waals surface area contributed by atoms with E-state index in [4.69, 9.17) is 4.74 Å². The largest absolute Gasteiger partial charge is 0.381 e. The van der Waals surface area contributed by atoms with Crippen molar-refractivity contribution in [2.45, 2.75) is 25.9 Å². The third-order valence-corrected chi connectivity index (χ3v) is 3.19. The van der Waals surface area contributed by atoms with E-state index in [0.29, 0.717) is 12.0 Å². The Morgan fingerprint density at radius 2 is 2.60 bits per heavy atom. The number of hydrogen-bond acceptors (Lipinski definition) is 3. The van der Waals surface area contributed by atoms with E-state index in [2.05, 4.69) is 21.8 Å².